The maximum absolute atomic E-state index is 13.9. The van der Waals surface area contributed by atoms with Crippen LogP contribution in [-0.4, -0.2) is 11.0 Å². The minimum absolute atomic E-state index is 0.0399. The van der Waals surface area contributed by atoms with Crippen LogP contribution in [0.3, 0.4) is 0 Å². The summed E-state index contributed by atoms with van der Waals surface area (Å²) in [6.45, 7) is 1.37. The second-order valence-electron chi connectivity index (χ2n) is 8.55. The quantitative estimate of drug-likeness (QED) is 0.255. The maximum Gasteiger partial charge on any atom is 0.416 e. The predicted octanol–water partition coefficient (Wildman–Crippen LogP) is 7.51. The molecule has 0 spiro atoms. The van der Waals surface area contributed by atoms with Crippen LogP contribution in [0.25, 0.3) is 0 Å². The topological polar surface area (TPSA) is 54.0 Å². The van der Waals surface area contributed by atoms with Crippen LogP contribution < -0.4 is 10.6 Å². The van der Waals surface area contributed by atoms with Crippen molar-refractivity contribution in [3.05, 3.63) is 130 Å². The summed E-state index contributed by atoms with van der Waals surface area (Å²) in [5.41, 5.74) is -0.987. The van der Waals surface area contributed by atoms with E-state index in [4.69, 9.17) is 11.6 Å². The summed E-state index contributed by atoms with van der Waals surface area (Å²) in [6.07, 6.45) is -3.18. The highest BCUT2D eigenvalue weighted by atomic mass is 35.5. The summed E-state index contributed by atoms with van der Waals surface area (Å²) in [5, 5.41) is 5.74. The number of urea groups is 1. The molecule has 1 unspecified atom stereocenters. The van der Waals surface area contributed by atoms with Crippen molar-refractivity contribution in [2.45, 2.75) is 25.1 Å². The number of aromatic nitrogens is 1. The largest absolute Gasteiger partial charge is 0.416 e. The van der Waals surface area contributed by atoms with Gasteiger partial charge < -0.3 is 10.6 Å². The number of amides is 2. The molecule has 0 aliphatic carbocycles. The van der Waals surface area contributed by atoms with Crippen molar-refractivity contribution in [2.24, 2.45) is 0 Å². The van der Waals surface area contributed by atoms with Crippen molar-refractivity contribution in [3.63, 3.8) is 0 Å². The van der Waals surface area contributed by atoms with E-state index >= 15 is 0 Å². The Kier molecular flexibility index (Phi) is 7.50. The number of nitrogens with zero attached hydrogens (tertiary/aromatic N) is 1. The van der Waals surface area contributed by atoms with E-state index in [1.807, 2.05) is 6.07 Å². The minimum Gasteiger partial charge on any atom is -0.322 e. The van der Waals surface area contributed by atoms with Gasteiger partial charge in [-0.25, -0.2) is 9.18 Å². The normalized spacial score (nSPS) is 13.0. The van der Waals surface area contributed by atoms with Crippen molar-refractivity contribution >= 4 is 23.3 Å². The molecule has 1 aromatic heterocycles. The standard InChI is InChI=1S/C28H22ClF4N3O/c1-18-10-11-20(14-24(18)28(31,32)33)27(16-19-6-3-2-4-7-19,25-13-12-21(29)17-34-25)36-26(37)35-23-9-5-8-22(30)15-23/h2-15,17H,16H2,1H3,(H2,35,36,37). The smallest absolute Gasteiger partial charge is 0.322 e. The van der Waals surface area contributed by atoms with Gasteiger partial charge in [0.15, 0.2) is 0 Å². The van der Waals surface area contributed by atoms with Gasteiger partial charge >= 0.3 is 12.2 Å². The summed E-state index contributed by atoms with van der Waals surface area (Å²) in [5.74, 6) is -0.555. The third-order valence-corrected chi connectivity index (χ3v) is 6.15. The average Bonchev–Trinajstić information content (AvgIpc) is 2.84. The summed E-state index contributed by atoms with van der Waals surface area (Å²) < 4.78 is 55.5. The van der Waals surface area contributed by atoms with Crippen LogP contribution in [0.15, 0.2) is 91.1 Å². The van der Waals surface area contributed by atoms with Crippen molar-refractivity contribution in [1.82, 2.24) is 10.3 Å². The lowest BCUT2D eigenvalue weighted by atomic mass is 9.79. The molecule has 0 saturated carbocycles. The number of alkyl halides is 3. The molecule has 2 N–H and O–H groups in total. The van der Waals surface area contributed by atoms with Crippen molar-refractivity contribution in [2.75, 3.05) is 5.32 Å². The number of hydrogen-bond acceptors (Lipinski definition) is 2. The van der Waals surface area contributed by atoms with E-state index in [2.05, 4.69) is 15.6 Å². The number of halogens is 5. The lowest BCUT2D eigenvalue weighted by Gasteiger charge is -2.36. The molecule has 4 aromatic rings. The van der Waals surface area contributed by atoms with E-state index in [0.717, 1.165) is 17.7 Å². The number of aryl methyl sites for hydroxylation is 1. The van der Waals surface area contributed by atoms with Crippen LogP contribution in [0.1, 0.15) is 27.9 Å². The Bertz CT molecular complexity index is 1390. The highest BCUT2D eigenvalue weighted by molar-refractivity contribution is 6.30. The van der Waals surface area contributed by atoms with Gasteiger partial charge in [-0.1, -0.05) is 60.1 Å². The van der Waals surface area contributed by atoms with Crippen LogP contribution in [0.5, 0.6) is 0 Å². The number of anilines is 1. The van der Waals surface area contributed by atoms with Gasteiger partial charge in [-0.2, -0.15) is 13.2 Å². The van der Waals surface area contributed by atoms with Gasteiger partial charge in [0.25, 0.3) is 0 Å². The minimum atomic E-state index is -4.62. The van der Waals surface area contributed by atoms with Crippen molar-refractivity contribution in [1.29, 1.82) is 0 Å². The highest BCUT2D eigenvalue weighted by Gasteiger charge is 2.41. The summed E-state index contributed by atoms with van der Waals surface area (Å²) >= 11 is 6.06. The molecule has 0 saturated heterocycles. The molecule has 0 aliphatic heterocycles. The third kappa shape index (κ3) is 6.09. The first kappa shape index (κ1) is 26.2. The molecule has 4 rings (SSSR count). The van der Waals surface area contributed by atoms with E-state index in [1.54, 1.807) is 36.4 Å². The first-order valence-corrected chi connectivity index (χ1v) is 11.6. The molecular formula is C28H22ClF4N3O. The van der Waals surface area contributed by atoms with E-state index in [9.17, 15) is 22.4 Å². The molecular weight excluding hydrogens is 506 g/mol. The van der Waals surface area contributed by atoms with Crippen LogP contribution in [-0.2, 0) is 18.1 Å². The van der Waals surface area contributed by atoms with Crippen molar-refractivity contribution in [3.8, 4) is 0 Å². The van der Waals surface area contributed by atoms with Gasteiger partial charge in [-0.05, 0) is 60.0 Å². The second kappa shape index (κ2) is 10.6. The second-order valence-corrected chi connectivity index (χ2v) is 8.98. The molecule has 190 valence electrons. The van der Waals surface area contributed by atoms with Crippen LogP contribution in [0.4, 0.5) is 28.0 Å². The number of carbonyl (C=O) groups excluding carboxylic acids is 1. The zero-order valence-electron chi connectivity index (χ0n) is 19.6. The number of benzene rings is 3. The van der Waals surface area contributed by atoms with E-state index in [0.29, 0.717) is 5.02 Å². The van der Waals surface area contributed by atoms with Gasteiger partial charge in [0.1, 0.15) is 11.4 Å². The molecule has 3 aromatic carbocycles. The molecule has 1 atom stereocenters. The van der Waals surface area contributed by atoms with Crippen LogP contribution in [0, 0.1) is 12.7 Å². The predicted molar refractivity (Wildman–Crippen MR) is 135 cm³/mol. The number of nitrogens with one attached hydrogen (secondary N) is 2. The lowest BCUT2D eigenvalue weighted by Crippen LogP contribution is -2.50. The third-order valence-electron chi connectivity index (χ3n) is 5.92. The Morgan fingerprint density at radius 1 is 0.946 bits per heavy atom. The summed E-state index contributed by atoms with van der Waals surface area (Å²) in [7, 11) is 0. The van der Waals surface area contributed by atoms with E-state index in [-0.39, 0.29) is 28.9 Å². The van der Waals surface area contributed by atoms with E-state index in [1.165, 1.54) is 43.5 Å². The molecule has 0 radical (unpaired) electrons. The fourth-order valence-corrected chi connectivity index (χ4v) is 4.28. The highest BCUT2D eigenvalue weighted by Crippen LogP contribution is 2.38. The number of rotatable bonds is 6. The van der Waals surface area contributed by atoms with E-state index < -0.39 is 29.1 Å². The molecule has 4 nitrogen and oxygen atoms in total. The summed E-state index contributed by atoms with van der Waals surface area (Å²) in [6, 6.07) is 20.5. The number of hydrogen-bond donors (Lipinski definition) is 2. The maximum atomic E-state index is 13.9. The molecule has 0 aliphatic rings. The number of pyridine rings is 1. The molecule has 0 fully saturated rings. The fraction of sp³-hybridized carbons (Fsp3) is 0.143. The Hall–Kier alpha value is -3.91. The van der Waals surface area contributed by atoms with Gasteiger partial charge in [0.05, 0.1) is 16.3 Å². The van der Waals surface area contributed by atoms with Crippen LogP contribution >= 0.6 is 11.6 Å². The Morgan fingerprint density at radius 3 is 2.35 bits per heavy atom. The van der Waals surface area contributed by atoms with Gasteiger partial charge in [0, 0.05) is 18.3 Å². The molecule has 1 heterocycles. The van der Waals surface area contributed by atoms with Crippen molar-refractivity contribution < 1.29 is 22.4 Å². The monoisotopic (exact) mass is 527 g/mol. The Labute approximate surface area is 216 Å². The van der Waals surface area contributed by atoms with Gasteiger partial charge in [0.2, 0.25) is 0 Å². The molecule has 2 amide bonds. The first-order chi connectivity index (χ1) is 17.6. The Balaban J connectivity index is 1.90. The Morgan fingerprint density at radius 2 is 1.70 bits per heavy atom. The SMILES string of the molecule is Cc1ccc(C(Cc2ccccc2)(NC(=O)Nc2cccc(F)c2)c2ccc(Cl)cn2)cc1C(F)(F)F. The zero-order valence-corrected chi connectivity index (χ0v) is 20.4. The lowest BCUT2D eigenvalue weighted by molar-refractivity contribution is -0.138. The molecule has 9 heteroatoms. The zero-order chi connectivity index (χ0) is 26.6. The van der Waals surface area contributed by atoms with Crippen LogP contribution in [0.2, 0.25) is 5.02 Å². The average molecular weight is 528 g/mol. The number of carbonyl (C=O) groups is 1. The fourth-order valence-electron chi connectivity index (χ4n) is 4.17. The first-order valence-electron chi connectivity index (χ1n) is 11.3. The molecule has 37 heavy (non-hydrogen) atoms. The van der Waals surface area contributed by atoms with Gasteiger partial charge in [-0.15, -0.1) is 0 Å². The van der Waals surface area contributed by atoms with Gasteiger partial charge in [-0.3, -0.25) is 4.98 Å². The summed E-state index contributed by atoms with van der Waals surface area (Å²) in [4.78, 5) is 17.7. The molecule has 0 bridgehead atoms.